The Balaban J connectivity index is 2.06. The molecule has 7 nitrogen and oxygen atoms in total. The maximum atomic E-state index is 12.3. The van der Waals surface area contributed by atoms with Gasteiger partial charge in [0.1, 0.15) is 5.69 Å². The Morgan fingerprint density at radius 2 is 1.85 bits per heavy atom. The van der Waals surface area contributed by atoms with Crippen LogP contribution in [0.1, 0.15) is 31.2 Å². The highest BCUT2D eigenvalue weighted by Crippen LogP contribution is 2.28. The van der Waals surface area contributed by atoms with E-state index in [4.69, 9.17) is 0 Å². The standard InChI is InChI=1S/C16H18F3N3O4/c17-16(18,19)15(24)20-12-6-4-11(10-13(12)22(25)26)5-7-14(23)21-8-2-1-3-9-21/h4,6,10H,1-3,5,7-9H2,(H,20,24). The van der Waals surface area contributed by atoms with Gasteiger partial charge in [-0.15, -0.1) is 0 Å². The van der Waals surface area contributed by atoms with Gasteiger partial charge in [-0.3, -0.25) is 19.7 Å². The minimum atomic E-state index is -5.15. The van der Waals surface area contributed by atoms with Gasteiger partial charge in [0.15, 0.2) is 0 Å². The largest absolute Gasteiger partial charge is 0.471 e. The zero-order valence-electron chi connectivity index (χ0n) is 13.8. The van der Waals surface area contributed by atoms with Gasteiger partial charge in [0.05, 0.1) is 4.92 Å². The Hall–Kier alpha value is -2.65. The van der Waals surface area contributed by atoms with E-state index in [9.17, 15) is 32.9 Å². The first kappa shape index (κ1) is 19.7. The minimum absolute atomic E-state index is 0.0539. The first-order valence-electron chi connectivity index (χ1n) is 8.12. The predicted molar refractivity (Wildman–Crippen MR) is 86.5 cm³/mol. The van der Waals surface area contributed by atoms with Crippen LogP contribution in [0.3, 0.4) is 0 Å². The van der Waals surface area contributed by atoms with Crippen molar-refractivity contribution in [2.45, 2.75) is 38.3 Å². The number of aryl methyl sites for hydroxylation is 1. The van der Waals surface area contributed by atoms with Crippen molar-refractivity contribution in [2.75, 3.05) is 18.4 Å². The average Bonchev–Trinajstić information content (AvgIpc) is 2.60. The number of rotatable bonds is 5. The van der Waals surface area contributed by atoms with Crippen molar-refractivity contribution in [3.05, 3.63) is 33.9 Å². The van der Waals surface area contributed by atoms with Crippen molar-refractivity contribution in [3.8, 4) is 0 Å². The third-order valence-electron chi connectivity index (χ3n) is 4.10. The predicted octanol–water partition coefficient (Wildman–Crippen LogP) is 3.04. The van der Waals surface area contributed by atoms with E-state index < -0.39 is 28.4 Å². The molecule has 1 saturated heterocycles. The first-order valence-corrected chi connectivity index (χ1v) is 8.12. The number of halogens is 3. The monoisotopic (exact) mass is 373 g/mol. The SMILES string of the molecule is O=C(CCc1ccc(NC(=O)C(F)(F)F)c([N+](=O)[O-])c1)N1CCCCC1. The molecule has 1 aliphatic heterocycles. The molecule has 0 saturated carbocycles. The number of carbonyl (C=O) groups is 2. The second-order valence-electron chi connectivity index (χ2n) is 6.00. The van der Waals surface area contributed by atoms with Crippen LogP contribution in [0.25, 0.3) is 0 Å². The molecule has 1 aromatic rings. The normalized spacial score (nSPS) is 14.8. The Kier molecular flexibility index (Phi) is 6.17. The summed E-state index contributed by atoms with van der Waals surface area (Å²) in [4.78, 5) is 35.1. The van der Waals surface area contributed by atoms with Crippen LogP contribution in [0.15, 0.2) is 18.2 Å². The molecule has 0 bridgehead atoms. The number of benzene rings is 1. The average molecular weight is 373 g/mol. The van der Waals surface area contributed by atoms with E-state index in [1.165, 1.54) is 11.4 Å². The Morgan fingerprint density at radius 1 is 1.19 bits per heavy atom. The van der Waals surface area contributed by atoms with E-state index in [0.717, 1.165) is 31.4 Å². The molecule has 0 radical (unpaired) electrons. The summed E-state index contributed by atoms with van der Waals surface area (Å²) in [6, 6.07) is 3.49. The Morgan fingerprint density at radius 3 is 2.42 bits per heavy atom. The number of likely N-dealkylation sites (tertiary alicyclic amines) is 1. The van der Waals surface area contributed by atoms with Crippen molar-refractivity contribution < 1.29 is 27.7 Å². The summed E-state index contributed by atoms with van der Waals surface area (Å²) < 4.78 is 36.9. The number of nitro groups is 1. The Labute approximate surface area is 147 Å². The van der Waals surface area contributed by atoms with Gasteiger partial charge in [-0.1, -0.05) is 6.07 Å². The number of alkyl halides is 3. The number of amides is 2. The molecular weight excluding hydrogens is 355 g/mol. The van der Waals surface area contributed by atoms with E-state index in [-0.39, 0.29) is 18.7 Å². The van der Waals surface area contributed by atoms with E-state index in [2.05, 4.69) is 0 Å². The molecule has 2 amide bonds. The highest BCUT2D eigenvalue weighted by molar-refractivity contribution is 5.96. The highest BCUT2D eigenvalue weighted by Gasteiger charge is 2.39. The summed E-state index contributed by atoms with van der Waals surface area (Å²) in [6.07, 6.45) is -1.78. The molecule has 2 rings (SSSR count). The zero-order valence-corrected chi connectivity index (χ0v) is 13.8. The second-order valence-corrected chi connectivity index (χ2v) is 6.00. The summed E-state index contributed by atoms with van der Waals surface area (Å²) in [5, 5.41) is 12.6. The van der Waals surface area contributed by atoms with Gasteiger partial charge in [-0.2, -0.15) is 13.2 Å². The smallest absolute Gasteiger partial charge is 0.343 e. The molecule has 0 aromatic heterocycles. The second kappa shape index (κ2) is 8.15. The van der Waals surface area contributed by atoms with Crippen LogP contribution in [0, 0.1) is 10.1 Å². The summed E-state index contributed by atoms with van der Waals surface area (Å²) in [5.41, 5.74) is -0.749. The lowest BCUT2D eigenvalue weighted by atomic mass is 10.1. The molecule has 1 aromatic carbocycles. The Bertz CT molecular complexity index is 700. The maximum Gasteiger partial charge on any atom is 0.471 e. The van der Waals surface area contributed by atoms with Crippen molar-refractivity contribution >= 4 is 23.2 Å². The molecule has 1 fully saturated rings. The van der Waals surface area contributed by atoms with E-state index in [1.54, 1.807) is 4.90 Å². The topological polar surface area (TPSA) is 92.5 Å². The van der Waals surface area contributed by atoms with Gasteiger partial charge in [0.25, 0.3) is 5.69 Å². The molecule has 0 spiro atoms. The molecule has 1 heterocycles. The third-order valence-corrected chi connectivity index (χ3v) is 4.10. The van der Waals surface area contributed by atoms with Gasteiger partial charge in [-0.25, -0.2) is 0 Å². The van der Waals surface area contributed by atoms with Gasteiger partial charge in [0.2, 0.25) is 5.91 Å². The van der Waals surface area contributed by atoms with E-state index >= 15 is 0 Å². The summed E-state index contributed by atoms with van der Waals surface area (Å²) in [5.74, 6) is -2.34. The van der Waals surface area contributed by atoms with Crippen LogP contribution >= 0.6 is 0 Å². The zero-order chi connectivity index (χ0) is 19.3. The number of carbonyl (C=O) groups excluding carboxylic acids is 2. The van der Waals surface area contributed by atoms with Crippen molar-refractivity contribution in [3.63, 3.8) is 0 Å². The van der Waals surface area contributed by atoms with E-state index in [1.807, 2.05) is 0 Å². The summed E-state index contributed by atoms with van der Waals surface area (Å²) in [7, 11) is 0. The fourth-order valence-electron chi connectivity index (χ4n) is 2.74. The lowest BCUT2D eigenvalue weighted by molar-refractivity contribution is -0.384. The molecule has 0 aliphatic carbocycles. The van der Waals surface area contributed by atoms with Crippen LogP contribution in [-0.2, 0) is 16.0 Å². The highest BCUT2D eigenvalue weighted by atomic mass is 19.4. The number of nitrogens with zero attached hydrogens (tertiary/aromatic N) is 2. The van der Waals surface area contributed by atoms with E-state index in [0.29, 0.717) is 18.7 Å². The minimum Gasteiger partial charge on any atom is -0.343 e. The van der Waals surface area contributed by atoms with Gasteiger partial charge >= 0.3 is 12.1 Å². The lowest BCUT2D eigenvalue weighted by Gasteiger charge is -2.26. The van der Waals surface area contributed by atoms with Gasteiger partial charge < -0.3 is 10.2 Å². The van der Waals surface area contributed by atoms with Crippen molar-refractivity contribution in [1.29, 1.82) is 0 Å². The molecule has 0 unspecified atom stereocenters. The van der Waals surface area contributed by atoms with Gasteiger partial charge in [0, 0.05) is 25.6 Å². The first-order chi connectivity index (χ1) is 12.2. The van der Waals surface area contributed by atoms with Crippen LogP contribution in [0.5, 0.6) is 0 Å². The quantitative estimate of drug-likeness (QED) is 0.634. The fraction of sp³-hybridized carbons (Fsp3) is 0.500. The van der Waals surface area contributed by atoms with Crippen LogP contribution in [-0.4, -0.2) is 40.9 Å². The molecule has 1 N–H and O–H groups in total. The number of hydrogen-bond donors (Lipinski definition) is 1. The molecule has 26 heavy (non-hydrogen) atoms. The fourth-order valence-corrected chi connectivity index (χ4v) is 2.74. The summed E-state index contributed by atoms with van der Waals surface area (Å²) >= 11 is 0. The number of anilines is 1. The molecular formula is C16H18F3N3O4. The molecule has 142 valence electrons. The maximum absolute atomic E-state index is 12.3. The van der Waals surface area contributed by atoms with Crippen molar-refractivity contribution in [2.24, 2.45) is 0 Å². The van der Waals surface area contributed by atoms with Crippen LogP contribution in [0.2, 0.25) is 0 Å². The molecule has 10 heteroatoms. The summed E-state index contributed by atoms with van der Waals surface area (Å²) in [6.45, 7) is 1.39. The number of nitro benzene ring substituents is 1. The van der Waals surface area contributed by atoms with Crippen LogP contribution < -0.4 is 5.32 Å². The van der Waals surface area contributed by atoms with Gasteiger partial charge in [-0.05, 0) is 37.3 Å². The van der Waals surface area contributed by atoms with Crippen molar-refractivity contribution in [1.82, 2.24) is 4.90 Å². The lowest BCUT2D eigenvalue weighted by Crippen LogP contribution is -2.35. The molecule has 1 aliphatic rings. The molecule has 0 atom stereocenters. The third kappa shape index (κ3) is 5.17. The number of hydrogen-bond acceptors (Lipinski definition) is 4. The number of nitrogens with one attached hydrogen (secondary N) is 1. The number of piperidine rings is 1. The van der Waals surface area contributed by atoms with Crippen LogP contribution in [0.4, 0.5) is 24.5 Å².